The van der Waals surface area contributed by atoms with E-state index in [0.717, 1.165) is 101 Å². The van der Waals surface area contributed by atoms with E-state index in [9.17, 15) is 0 Å². The molecule has 0 aromatic heterocycles. The van der Waals surface area contributed by atoms with Crippen LogP contribution in [0.15, 0.2) is 42.5 Å². The average Bonchev–Trinajstić information content (AvgIpc) is 3.64. The van der Waals surface area contributed by atoms with E-state index in [1.54, 1.807) is 0 Å². The Kier molecular flexibility index (Phi) is 27.6. The van der Waals surface area contributed by atoms with Crippen molar-refractivity contribution in [2.24, 2.45) is 0 Å². The van der Waals surface area contributed by atoms with Gasteiger partial charge in [-0.15, -0.1) is 0 Å². The summed E-state index contributed by atoms with van der Waals surface area (Å²) in [4.78, 5) is 0. The van der Waals surface area contributed by atoms with Crippen molar-refractivity contribution in [1.29, 1.82) is 0 Å². The van der Waals surface area contributed by atoms with Crippen molar-refractivity contribution in [1.82, 2.24) is 0 Å². The van der Waals surface area contributed by atoms with Crippen LogP contribution in [0, 0.1) is 3.57 Å². The number of unbranched alkanes of at least 4 members (excludes halogenated alkanes) is 32. The summed E-state index contributed by atoms with van der Waals surface area (Å²) in [7, 11) is 0. The zero-order valence-corrected chi connectivity index (χ0v) is 55.8. The molecule has 4 aliphatic heterocycles. The maximum atomic E-state index is 6.94. The topological polar surface area (TPSA) is 73.8 Å². The van der Waals surface area contributed by atoms with E-state index >= 15 is 0 Å². The van der Waals surface area contributed by atoms with Gasteiger partial charge in [-0.3, -0.25) is 0 Å². The molecule has 4 aromatic rings. The summed E-state index contributed by atoms with van der Waals surface area (Å²) < 4.78 is 55.9. The van der Waals surface area contributed by atoms with Crippen LogP contribution in [0.5, 0.6) is 46.0 Å². The third-order valence-electron chi connectivity index (χ3n) is 19.7. The van der Waals surface area contributed by atoms with E-state index in [2.05, 4.69) is 92.8 Å². The first-order valence-electron chi connectivity index (χ1n) is 35.4. The molecule has 9 rings (SSSR count). The summed E-state index contributed by atoms with van der Waals surface area (Å²) in [5.74, 6) is 6.92. The second-order valence-electron chi connectivity index (χ2n) is 26.1. The lowest BCUT2D eigenvalue weighted by Gasteiger charge is -2.35. The van der Waals surface area contributed by atoms with Crippen molar-refractivity contribution in [3.63, 3.8) is 0 Å². The predicted molar refractivity (Wildman–Crippen MR) is 358 cm³/mol. The highest BCUT2D eigenvalue weighted by molar-refractivity contribution is 14.1. The fraction of sp³-hybridized carbons (Fsp3) is 0.684. The minimum Gasteiger partial charge on any atom is -0.457 e. The zero-order valence-electron chi connectivity index (χ0n) is 53.6. The van der Waals surface area contributed by atoms with E-state index in [1.165, 1.54) is 250 Å². The smallest absolute Gasteiger partial charge is 0.230 e. The molecule has 0 saturated carbocycles. The minimum atomic E-state index is 0.0138. The number of halogens is 1. The van der Waals surface area contributed by atoms with E-state index < -0.39 is 0 Å². The first-order chi connectivity index (χ1) is 42.0. The van der Waals surface area contributed by atoms with Crippen LogP contribution in [0.25, 0.3) is 0 Å². The highest BCUT2D eigenvalue weighted by Gasteiger charge is 2.38. The standard InChI is InChI=1S/C76H111IO8/c1-5-9-13-17-21-25-29-33-37-41-56-60-45-61-57(42-38-34-30-26-22-18-14-10-6-2)63-47-65-59(44-40-36-32-28-24-20-16-12-8-4)67-48-66-58(43-39-35-31-27-23-19-15-11-7-3)64-46-62(56)70-50-72(64)82-54-84-75(66)74(77)76(67)85-55-83-73(65)51-71(63)81-53-79-69(61)49-68(60)78-52-80-70/h45-51,56-59H,5-44,52-55H2,1-4H3. The third kappa shape index (κ3) is 18.1. The molecule has 4 heterocycles. The fourth-order valence-electron chi connectivity index (χ4n) is 14.8. The SMILES string of the molecule is CCCCCCCCCCCC1c2cc3c4cc2OCOc2cc5c(cc21)C(CCCCCCCCCCC)c1cc2c(c(I)c1OCO5)OCOc1cc(c(cc1C2CCCCCCCCCCC)C3CCCCCCCCCCC)OCO4. The molecule has 0 amide bonds. The second kappa shape index (κ2) is 35.9. The number of hydrogen-bond acceptors (Lipinski definition) is 8. The Morgan fingerprint density at radius 2 is 0.435 bits per heavy atom. The summed E-state index contributed by atoms with van der Waals surface area (Å²) in [5.41, 5.74) is 9.92. The quantitative estimate of drug-likeness (QED) is 0.0322. The van der Waals surface area contributed by atoms with Gasteiger partial charge in [-0.25, -0.2) is 0 Å². The molecule has 0 radical (unpaired) electrons. The van der Waals surface area contributed by atoms with Gasteiger partial charge < -0.3 is 37.9 Å². The minimum absolute atomic E-state index is 0.0138. The molecule has 4 atom stereocenters. The Bertz CT molecular complexity index is 2460. The Balaban J connectivity index is 1.19. The van der Waals surface area contributed by atoms with Gasteiger partial charge in [0.2, 0.25) is 27.2 Å². The molecule has 0 N–H and O–H groups in total. The van der Waals surface area contributed by atoms with Gasteiger partial charge in [0.15, 0.2) is 0 Å². The molecular formula is C76H111IO8. The predicted octanol–water partition coefficient (Wildman–Crippen LogP) is 23.7. The molecule has 8 nitrogen and oxygen atoms in total. The lowest BCUT2D eigenvalue weighted by atomic mass is 9.76. The van der Waals surface area contributed by atoms with Crippen LogP contribution in [-0.4, -0.2) is 27.2 Å². The van der Waals surface area contributed by atoms with Crippen LogP contribution in [-0.2, 0) is 0 Å². The van der Waals surface area contributed by atoms with E-state index in [-0.39, 0.29) is 50.8 Å². The average molecular weight is 1280 g/mol. The number of benzene rings is 4. The van der Waals surface area contributed by atoms with Gasteiger partial charge in [0.25, 0.3) is 0 Å². The maximum Gasteiger partial charge on any atom is 0.230 e. The van der Waals surface area contributed by atoms with Crippen molar-refractivity contribution in [3.05, 3.63) is 90.5 Å². The van der Waals surface area contributed by atoms with Crippen LogP contribution >= 0.6 is 22.6 Å². The molecule has 470 valence electrons. The van der Waals surface area contributed by atoms with E-state index in [4.69, 9.17) is 37.9 Å². The van der Waals surface area contributed by atoms with E-state index in [0.29, 0.717) is 0 Å². The van der Waals surface area contributed by atoms with Crippen LogP contribution in [0.4, 0.5) is 0 Å². The van der Waals surface area contributed by atoms with Crippen LogP contribution in [0.2, 0.25) is 0 Å². The first kappa shape index (κ1) is 65.5. The molecule has 0 spiro atoms. The van der Waals surface area contributed by atoms with Crippen molar-refractivity contribution < 1.29 is 37.9 Å². The lowest BCUT2D eigenvalue weighted by molar-refractivity contribution is 0.0975. The summed E-state index contributed by atoms with van der Waals surface area (Å²) >= 11 is 2.55. The molecular weight excluding hydrogens is 1170 g/mol. The number of rotatable bonds is 40. The summed E-state index contributed by atoms with van der Waals surface area (Å²) in [6.07, 6.45) is 50.1. The Labute approximate surface area is 529 Å². The van der Waals surface area contributed by atoms with Crippen molar-refractivity contribution in [2.45, 2.75) is 308 Å². The Hall–Kier alpha value is -3.99. The van der Waals surface area contributed by atoms with Crippen molar-refractivity contribution >= 4 is 22.6 Å². The second-order valence-corrected chi connectivity index (χ2v) is 27.2. The normalized spacial score (nSPS) is 17.8. The molecule has 85 heavy (non-hydrogen) atoms. The maximum absolute atomic E-state index is 6.94. The number of hydrogen-bond donors (Lipinski definition) is 0. The molecule has 0 saturated heterocycles. The highest BCUT2D eigenvalue weighted by Crippen LogP contribution is 2.56. The van der Waals surface area contributed by atoms with Crippen LogP contribution < -0.4 is 37.9 Å². The first-order valence-corrected chi connectivity index (χ1v) is 36.5. The van der Waals surface area contributed by atoms with Gasteiger partial charge in [-0.2, -0.15) is 0 Å². The molecule has 8 bridgehead atoms. The lowest BCUT2D eigenvalue weighted by Crippen LogP contribution is -2.23. The van der Waals surface area contributed by atoms with Crippen molar-refractivity contribution in [2.75, 3.05) is 27.2 Å². The van der Waals surface area contributed by atoms with Gasteiger partial charge in [0, 0.05) is 86.4 Å². The van der Waals surface area contributed by atoms with Gasteiger partial charge in [0.1, 0.15) is 46.0 Å². The Morgan fingerprint density at radius 3 is 0.671 bits per heavy atom. The molecule has 5 aliphatic rings. The molecule has 4 aromatic carbocycles. The number of ether oxygens (including phenoxy) is 8. The third-order valence-corrected chi connectivity index (χ3v) is 20.7. The van der Waals surface area contributed by atoms with Crippen molar-refractivity contribution in [3.8, 4) is 46.0 Å². The van der Waals surface area contributed by atoms with E-state index in [1.807, 2.05) is 0 Å². The summed E-state index contributed by atoms with van der Waals surface area (Å²) in [5, 5.41) is 0. The van der Waals surface area contributed by atoms with Crippen LogP contribution in [0.3, 0.4) is 0 Å². The highest BCUT2D eigenvalue weighted by atomic mass is 127. The summed E-state index contributed by atoms with van der Waals surface area (Å²) in [6, 6.07) is 16.8. The monoisotopic (exact) mass is 1280 g/mol. The molecule has 9 heteroatoms. The summed E-state index contributed by atoms with van der Waals surface area (Å²) in [6.45, 7) is 9.58. The largest absolute Gasteiger partial charge is 0.457 e. The van der Waals surface area contributed by atoms with Gasteiger partial charge >= 0.3 is 0 Å². The fourth-order valence-corrected chi connectivity index (χ4v) is 15.7. The molecule has 0 fully saturated rings. The van der Waals surface area contributed by atoms with Gasteiger partial charge in [0.05, 0.1) is 3.57 Å². The zero-order chi connectivity index (χ0) is 58.8. The van der Waals surface area contributed by atoms with Gasteiger partial charge in [-0.05, 0) is 72.5 Å². The Morgan fingerprint density at radius 1 is 0.247 bits per heavy atom. The molecule has 1 aliphatic carbocycles. The van der Waals surface area contributed by atoms with Crippen LogP contribution in [0.1, 0.15) is 353 Å². The van der Waals surface area contributed by atoms with Gasteiger partial charge in [-0.1, -0.05) is 259 Å². The molecule has 4 unspecified atom stereocenters.